The van der Waals surface area contributed by atoms with Gasteiger partial charge in [0.1, 0.15) is 0 Å². The van der Waals surface area contributed by atoms with Crippen molar-refractivity contribution in [2.75, 3.05) is 19.7 Å². The first-order chi connectivity index (χ1) is 7.76. The molecule has 88 valence electrons. The maximum Gasteiger partial charge on any atom is 0.229 e. The summed E-state index contributed by atoms with van der Waals surface area (Å²) in [5.41, 5.74) is 0.188. The maximum atomic E-state index is 5.60. The molecular weight excluding hydrogens is 206 g/mol. The molecular formula is C11H17N3O2. The predicted octanol–water partition coefficient (Wildman–Crippen LogP) is 0.652. The molecule has 0 spiro atoms. The summed E-state index contributed by atoms with van der Waals surface area (Å²) in [7, 11) is 0. The number of rotatable bonds is 3. The number of nitrogens with zero attached hydrogens (tertiary/aromatic N) is 2. The second-order valence-corrected chi connectivity index (χ2v) is 4.97. The number of hydrogen-bond donors (Lipinski definition) is 1. The lowest BCUT2D eigenvalue weighted by atomic mass is 10.1. The zero-order valence-corrected chi connectivity index (χ0v) is 9.53. The molecule has 1 aromatic rings. The van der Waals surface area contributed by atoms with Gasteiger partial charge in [-0.15, -0.1) is 0 Å². The van der Waals surface area contributed by atoms with Crippen molar-refractivity contribution in [3.05, 3.63) is 11.7 Å². The minimum atomic E-state index is 0.175. The highest BCUT2D eigenvalue weighted by atomic mass is 16.5. The van der Waals surface area contributed by atoms with Crippen LogP contribution in [0, 0.1) is 0 Å². The molecule has 5 nitrogen and oxygen atoms in total. The maximum absolute atomic E-state index is 5.60. The number of aromatic nitrogens is 2. The summed E-state index contributed by atoms with van der Waals surface area (Å²) in [6.07, 6.45) is 3.24. The Hall–Kier alpha value is -0.940. The number of nitrogens with one attached hydrogen (secondary N) is 1. The van der Waals surface area contributed by atoms with Crippen LogP contribution in [0.1, 0.15) is 31.5 Å². The van der Waals surface area contributed by atoms with E-state index in [0.717, 1.165) is 31.9 Å². The molecule has 1 aliphatic heterocycles. The van der Waals surface area contributed by atoms with Gasteiger partial charge in [-0.2, -0.15) is 4.98 Å². The summed E-state index contributed by atoms with van der Waals surface area (Å²) in [6, 6.07) is 0. The molecule has 1 N–H and O–H groups in total. The van der Waals surface area contributed by atoms with Crippen LogP contribution in [0.3, 0.4) is 0 Å². The Balaban J connectivity index is 1.63. The molecule has 1 saturated carbocycles. The van der Waals surface area contributed by atoms with Crippen LogP contribution in [0.2, 0.25) is 0 Å². The van der Waals surface area contributed by atoms with Crippen LogP contribution in [0.25, 0.3) is 0 Å². The quantitative estimate of drug-likeness (QED) is 0.815. The van der Waals surface area contributed by atoms with E-state index >= 15 is 0 Å². The molecule has 2 heterocycles. The van der Waals surface area contributed by atoms with Crippen LogP contribution in [0.15, 0.2) is 4.52 Å². The molecule has 1 atom stereocenters. The second kappa shape index (κ2) is 3.82. The minimum Gasteiger partial charge on any atom is -0.375 e. The van der Waals surface area contributed by atoms with Crippen LogP contribution in [-0.4, -0.2) is 35.9 Å². The van der Waals surface area contributed by atoms with Crippen LogP contribution < -0.4 is 5.32 Å². The molecule has 0 amide bonds. The van der Waals surface area contributed by atoms with E-state index in [0.29, 0.717) is 5.89 Å². The largest absolute Gasteiger partial charge is 0.375 e. The third-order valence-electron chi connectivity index (χ3n) is 3.41. The van der Waals surface area contributed by atoms with E-state index in [9.17, 15) is 0 Å². The van der Waals surface area contributed by atoms with Gasteiger partial charge < -0.3 is 14.6 Å². The molecule has 1 aromatic heterocycles. The standard InChI is InChI=1S/C11H17N3O2/c1-11(2-3-11)10-13-9(16-14-10)6-8-7-12-4-5-15-8/h8,12H,2-7H2,1H3. The highest BCUT2D eigenvalue weighted by Gasteiger charge is 2.43. The summed E-state index contributed by atoms with van der Waals surface area (Å²) in [6.45, 7) is 4.75. The first kappa shape index (κ1) is 10.2. The van der Waals surface area contributed by atoms with Gasteiger partial charge in [0, 0.05) is 18.5 Å². The van der Waals surface area contributed by atoms with Crippen LogP contribution in [0.5, 0.6) is 0 Å². The Labute approximate surface area is 94.6 Å². The second-order valence-electron chi connectivity index (χ2n) is 4.97. The lowest BCUT2D eigenvalue weighted by molar-refractivity contribution is 0.0246. The van der Waals surface area contributed by atoms with Gasteiger partial charge >= 0.3 is 0 Å². The van der Waals surface area contributed by atoms with E-state index < -0.39 is 0 Å². The minimum absolute atomic E-state index is 0.175. The van der Waals surface area contributed by atoms with Crippen molar-refractivity contribution in [3.8, 4) is 0 Å². The molecule has 5 heteroatoms. The summed E-state index contributed by atoms with van der Waals surface area (Å²) >= 11 is 0. The molecule has 0 radical (unpaired) electrons. The molecule has 16 heavy (non-hydrogen) atoms. The van der Waals surface area contributed by atoms with Gasteiger partial charge in [-0.3, -0.25) is 0 Å². The van der Waals surface area contributed by atoms with Crippen molar-refractivity contribution >= 4 is 0 Å². The van der Waals surface area contributed by atoms with E-state index in [1.165, 1.54) is 12.8 Å². The van der Waals surface area contributed by atoms with Crippen molar-refractivity contribution in [1.82, 2.24) is 15.5 Å². The van der Waals surface area contributed by atoms with Crippen molar-refractivity contribution in [1.29, 1.82) is 0 Å². The highest BCUT2D eigenvalue weighted by molar-refractivity contribution is 5.14. The zero-order chi connectivity index (χ0) is 11.0. The van der Waals surface area contributed by atoms with Crippen molar-refractivity contribution in [2.45, 2.75) is 37.7 Å². The van der Waals surface area contributed by atoms with Gasteiger partial charge in [-0.1, -0.05) is 12.1 Å². The van der Waals surface area contributed by atoms with Gasteiger partial charge in [0.2, 0.25) is 5.89 Å². The van der Waals surface area contributed by atoms with Gasteiger partial charge in [-0.05, 0) is 12.8 Å². The van der Waals surface area contributed by atoms with Crippen LogP contribution in [0.4, 0.5) is 0 Å². The Morgan fingerprint density at radius 1 is 1.50 bits per heavy atom. The average molecular weight is 223 g/mol. The van der Waals surface area contributed by atoms with Crippen molar-refractivity contribution in [2.24, 2.45) is 0 Å². The van der Waals surface area contributed by atoms with E-state index in [1.54, 1.807) is 0 Å². The number of hydrogen-bond acceptors (Lipinski definition) is 5. The fourth-order valence-corrected chi connectivity index (χ4v) is 1.94. The molecule has 0 aromatic carbocycles. The van der Waals surface area contributed by atoms with Crippen molar-refractivity contribution < 1.29 is 9.26 Å². The first-order valence-corrected chi connectivity index (χ1v) is 5.92. The summed E-state index contributed by atoms with van der Waals surface area (Å²) in [4.78, 5) is 4.45. The number of ether oxygens (including phenoxy) is 1. The Bertz CT molecular complexity index is 367. The lowest BCUT2D eigenvalue weighted by Crippen LogP contribution is -2.39. The third kappa shape index (κ3) is 1.97. The van der Waals surface area contributed by atoms with E-state index in [4.69, 9.17) is 9.26 Å². The van der Waals surface area contributed by atoms with Gasteiger partial charge in [0.25, 0.3) is 0 Å². The third-order valence-corrected chi connectivity index (χ3v) is 3.41. The van der Waals surface area contributed by atoms with Gasteiger partial charge in [0.15, 0.2) is 5.82 Å². The SMILES string of the molecule is CC1(c2noc(CC3CNCCO3)n2)CC1. The molecule has 1 unspecified atom stereocenters. The monoisotopic (exact) mass is 223 g/mol. The Morgan fingerprint density at radius 3 is 3.06 bits per heavy atom. The van der Waals surface area contributed by atoms with Gasteiger partial charge in [0.05, 0.1) is 19.1 Å². The highest BCUT2D eigenvalue weighted by Crippen LogP contribution is 2.45. The van der Waals surface area contributed by atoms with Crippen LogP contribution >= 0.6 is 0 Å². The first-order valence-electron chi connectivity index (χ1n) is 5.92. The zero-order valence-electron chi connectivity index (χ0n) is 9.53. The molecule has 2 aliphatic rings. The van der Waals surface area contributed by atoms with Crippen molar-refractivity contribution in [3.63, 3.8) is 0 Å². The normalized spacial score (nSPS) is 27.9. The number of morpholine rings is 1. The van der Waals surface area contributed by atoms with E-state index in [-0.39, 0.29) is 11.5 Å². The topological polar surface area (TPSA) is 60.2 Å². The fourth-order valence-electron chi connectivity index (χ4n) is 1.94. The van der Waals surface area contributed by atoms with Crippen LogP contribution in [-0.2, 0) is 16.6 Å². The lowest BCUT2D eigenvalue weighted by Gasteiger charge is -2.21. The molecule has 2 fully saturated rings. The van der Waals surface area contributed by atoms with E-state index in [1.807, 2.05) is 0 Å². The molecule has 3 rings (SSSR count). The molecule has 1 saturated heterocycles. The molecule has 1 aliphatic carbocycles. The fraction of sp³-hybridized carbons (Fsp3) is 0.818. The Kier molecular flexibility index (Phi) is 2.44. The Morgan fingerprint density at radius 2 is 2.38 bits per heavy atom. The summed E-state index contributed by atoms with van der Waals surface area (Å²) < 4.78 is 10.9. The van der Waals surface area contributed by atoms with Gasteiger partial charge in [-0.25, -0.2) is 0 Å². The average Bonchev–Trinajstić information content (AvgIpc) is 2.88. The molecule has 0 bridgehead atoms. The smallest absolute Gasteiger partial charge is 0.229 e. The van der Waals surface area contributed by atoms with E-state index in [2.05, 4.69) is 22.4 Å². The predicted molar refractivity (Wildman–Crippen MR) is 57.2 cm³/mol. The summed E-state index contributed by atoms with van der Waals surface area (Å²) in [5, 5.41) is 7.34. The summed E-state index contributed by atoms with van der Waals surface area (Å²) in [5.74, 6) is 1.57.